The highest BCUT2D eigenvalue weighted by molar-refractivity contribution is 6.11. The van der Waals surface area contributed by atoms with E-state index in [4.69, 9.17) is 0 Å². The van der Waals surface area contributed by atoms with Gasteiger partial charge in [-0.05, 0) is 55.9 Å². The van der Waals surface area contributed by atoms with Crippen LogP contribution in [0.1, 0.15) is 46.0 Å². The van der Waals surface area contributed by atoms with E-state index in [9.17, 15) is 14.4 Å². The number of nitrogens with zero attached hydrogens (tertiary/aromatic N) is 1. The molecule has 0 spiro atoms. The number of benzene rings is 2. The third-order valence-corrected chi connectivity index (χ3v) is 5.63. The van der Waals surface area contributed by atoms with Crippen molar-refractivity contribution >= 4 is 17.7 Å². The number of amides is 3. The Kier molecular flexibility index (Phi) is 4.10. The monoisotopic (exact) mass is 362 g/mol. The number of nitrogens with one attached hydrogen (secondary N) is 1. The third kappa shape index (κ3) is 2.93. The van der Waals surface area contributed by atoms with Crippen molar-refractivity contribution in [1.82, 2.24) is 10.2 Å². The smallest absolute Gasteiger partial charge is 0.319 e. The largest absolute Gasteiger partial charge is 0.325 e. The van der Waals surface area contributed by atoms with Crippen LogP contribution in [0.25, 0.3) is 0 Å². The number of urea groups is 1. The van der Waals surface area contributed by atoms with E-state index >= 15 is 0 Å². The Labute approximate surface area is 158 Å². The average molecular weight is 362 g/mol. The molecule has 1 aliphatic heterocycles. The van der Waals surface area contributed by atoms with E-state index < -0.39 is 17.5 Å². The molecule has 2 aromatic rings. The maximum Gasteiger partial charge on any atom is 0.325 e. The molecule has 1 saturated heterocycles. The Morgan fingerprint density at radius 2 is 1.78 bits per heavy atom. The van der Waals surface area contributed by atoms with Gasteiger partial charge in [-0.25, -0.2) is 4.79 Å². The molecule has 1 heterocycles. The van der Waals surface area contributed by atoms with E-state index in [1.807, 2.05) is 43.3 Å². The number of aryl methyl sites for hydroxylation is 3. The standard InChI is InChI=1S/C22H22N2O3/c1-14-6-10-18(11-7-14)22(2)20(26)24(21(27)23-22)13-19(25)17-9-8-15-4-3-5-16(15)12-17/h6-12H,3-5,13H2,1-2H3,(H,23,27)/t22-/m1/s1. The van der Waals surface area contributed by atoms with Crippen molar-refractivity contribution in [1.29, 1.82) is 0 Å². The molecule has 0 saturated carbocycles. The Bertz CT molecular complexity index is 949. The predicted molar refractivity (Wildman–Crippen MR) is 102 cm³/mol. The minimum Gasteiger partial charge on any atom is -0.319 e. The minimum atomic E-state index is -1.15. The Morgan fingerprint density at radius 3 is 2.52 bits per heavy atom. The van der Waals surface area contributed by atoms with Gasteiger partial charge in [0.1, 0.15) is 5.54 Å². The number of hydrogen-bond acceptors (Lipinski definition) is 3. The Hall–Kier alpha value is -2.95. The van der Waals surface area contributed by atoms with Crippen LogP contribution in [-0.2, 0) is 23.2 Å². The summed E-state index contributed by atoms with van der Waals surface area (Å²) in [5.41, 5.74) is 3.67. The van der Waals surface area contributed by atoms with Crippen molar-refractivity contribution in [2.75, 3.05) is 6.54 Å². The molecule has 2 aliphatic rings. The van der Waals surface area contributed by atoms with Crippen LogP contribution in [0.5, 0.6) is 0 Å². The molecule has 0 bridgehead atoms. The molecule has 27 heavy (non-hydrogen) atoms. The van der Waals surface area contributed by atoms with E-state index in [0.717, 1.165) is 29.7 Å². The fraction of sp³-hybridized carbons (Fsp3) is 0.318. The third-order valence-electron chi connectivity index (χ3n) is 5.63. The summed E-state index contributed by atoms with van der Waals surface area (Å²) >= 11 is 0. The van der Waals surface area contributed by atoms with E-state index in [1.54, 1.807) is 13.0 Å². The second-order valence-corrected chi connectivity index (χ2v) is 7.57. The van der Waals surface area contributed by atoms with E-state index in [1.165, 1.54) is 11.1 Å². The first kappa shape index (κ1) is 17.5. The van der Waals surface area contributed by atoms with Gasteiger partial charge in [-0.2, -0.15) is 0 Å². The van der Waals surface area contributed by atoms with Gasteiger partial charge < -0.3 is 5.32 Å². The van der Waals surface area contributed by atoms with Gasteiger partial charge >= 0.3 is 6.03 Å². The molecular weight excluding hydrogens is 340 g/mol. The number of carbonyl (C=O) groups excluding carboxylic acids is 3. The average Bonchev–Trinajstić information content (AvgIpc) is 3.20. The van der Waals surface area contributed by atoms with Crippen LogP contribution >= 0.6 is 0 Å². The Balaban J connectivity index is 1.55. The summed E-state index contributed by atoms with van der Waals surface area (Å²) in [6, 6.07) is 12.6. The van der Waals surface area contributed by atoms with Crippen LogP contribution in [0.3, 0.4) is 0 Å². The van der Waals surface area contributed by atoms with E-state index in [0.29, 0.717) is 11.1 Å². The maximum atomic E-state index is 13.0. The summed E-state index contributed by atoms with van der Waals surface area (Å²) in [5.74, 6) is -0.618. The highest BCUT2D eigenvalue weighted by atomic mass is 16.2. The summed E-state index contributed by atoms with van der Waals surface area (Å²) in [5, 5.41) is 2.75. The van der Waals surface area contributed by atoms with Crippen LogP contribution in [0.15, 0.2) is 42.5 Å². The van der Waals surface area contributed by atoms with Crippen LogP contribution in [-0.4, -0.2) is 29.2 Å². The first-order valence-corrected chi connectivity index (χ1v) is 9.25. The van der Waals surface area contributed by atoms with Crippen molar-refractivity contribution in [3.8, 4) is 0 Å². The highest BCUT2D eigenvalue weighted by Crippen LogP contribution is 2.29. The lowest BCUT2D eigenvalue weighted by Crippen LogP contribution is -2.41. The lowest BCUT2D eigenvalue weighted by atomic mass is 9.91. The summed E-state index contributed by atoms with van der Waals surface area (Å²) < 4.78 is 0. The van der Waals surface area contributed by atoms with Crippen molar-refractivity contribution in [3.05, 3.63) is 70.3 Å². The molecule has 1 fully saturated rings. The van der Waals surface area contributed by atoms with Crippen LogP contribution in [0, 0.1) is 6.92 Å². The molecule has 3 amide bonds. The number of imide groups is 1. The minimum absolute atomic E-state index is 0.221. The molecule has 1 atom stereocenters. The zero-order valence-corrected chi connectivity index (χ0v) is 15.5. The second-order valence-electron chi connectivity index (χ2n) is 7.57. The molecule has 0 radical (unpaired) electrons. The molecule has 1 N–H and O–H groups in total. The van der Waals surface area contributed by atoms with Crippen molar-refractivity contribution in [2.45, 2.75) is 38.6 Å². The second kappa shape index (κ2) is 6.34. The SMILES string of the molecule is Cc1ccc([C@@]2(C)NC(=O)N(CC(=O)c3ccc4c(c3)CCC4)C2=O)cc1. The summed E-state index contributed by atoms with van der Waals surface area (Å²) in [4.78, 5) is 39.1. The van der Waals surface area contributed by atoms with Crippen LogP contribution < -0.4 is 5.32 Å². The fourth-order valence-electron chi connectivity index (χ4n) is 3.90. The number of hydrogen-bond donors (Lipinski definition) is 1. The van der Waals surface area contributed by atoms with Crippen LogP contribution in [0.2, 0.25) is 0 Å². The first-order valence-electron chi connectivity index (χ1n) is 9.25. The molecular formula is C22H22N2O3. The van der Waals surface area contributed by atoms with Crippen molar-refractivity contribution in [2.24, 2.45) is 0 Å². The number of fused-ring (bicyclic) bond motifs is 1. The molecule has 5 nitrogen and oxygen atoms in total. The van der Waals surface area contributed by atoms with Gasteiger partial charge in [0.2, 0.25) is 0 Å². The molecule has 0 aromatic heterocycles. The van der Waals surface area contributed by atoms with Crippen molar-refractivity contribution in [3.63, 3.8) is 0 Å². The van der Waals surface area contributed by atoms with Gasteiger partial charge in [-0.1, -0.05) is 42.0 Å². The number of rotatable bonds is 4. The van der Waals surface area contributed by atoms with E-state index in [-0.39, 0.29) is 12.3 Å². The lowest BCUT2D eigenvalue weighted by Gasteiger charge is -2.22. The maximum absolute atomic E-state index is 13.0. The quantitative estimate of drug-likeness (QED) is 0.671. The molecule has 4 rings (SSSR count). The van der Waals surface area contributed by atoms with Crippen molar-refractivity contribution < 1.29 is 14.4 Å². The molecule has 2 aromatic carbocycles. The molecule has 138 valence electrons. The van der Waals surface area contributed by atoms with Gasteiger partial charge in [-0.3, -0.25) is 14.5 Å². The van der Waals surface area contributed by atoms with E-state index in [2.05, 4.69) is 5.32 Å². The van der Waals surface area contributed by atoms with Gasteiger partial charge in [0.05, 0.1) is 6.54 Å². The van der Waals surface area contributed by atoms with Gasteiger partial charge in [0, 0.05) is 5.56 Å². The number of ketones is 1. The van der Waals surface area contributed by atoms with Crippen LogP contribution in [0.4, 0.5) is 4.79 Å². The Morgan fingerprint density at radius 1 is 1.07 bits per heavy atom. The number of Topliss-reactive ketones (excluding diaryl/α,β-unsaturated/α-hetero) is 1. The van der Waals surface area contributed by atoms with Gasteiger partial charge in [0.25, 0.3) is 5.91 Å². The predicted octanol–water partition coefficient (Wildman–Crippen LogP) is 3.13. The summed E-state index contributed by atoms with van der Waals surface area (Å²) in [6.07, 6.45) is 3.13. The first-order chi connectivity index (χ1) is 12.9. The number of carbonyl (C=O) groups is 3. The lowest BCUT2D eigenvalue weighted by molar-refractivity contribution is -0.130. The molecule has 1 aliphatic carbocycles. The highest BCUT2D eigenvalue weighted by Gasteiger charge is 2.49. The fourth-order valence-corrected chi connectivity index (χ4v) is 3.90. The summed E-state index contributed by atoms with van der Waals surface area (Å²) in [7, 11) is 0. The van der Waals surface area contributed by atoms with Gasteiger partial charge in [-0.15, -0.1) is 0 Å². The molecule has 0 unspecified atom stereocenters. The van der Waals surface area contributed by atoms with Gasteiger partial charge in [0.15, 0.2) is 5.78 Å². The summed E-state index contributed by atoms with van der Waals surface area (Å²) in [6.45, 7) is 3.39. The molecule has 5 heteroatoms. The topological polar surface area (TPSA) is 66.5 Å². The normalized spacial score (nSPS) is 21.3. The zero-order valence-electron chi connectivity index (χ0n) is 15.5. The zero-order chi connectivity index (χ0) is 19.2.